The van der Waals surface area contributed by atoms with Gasteiger partial charge in [0, 0.05) is 11.7 Å². The number of anilines is 1. The Hall–Kier alpha value is -1.76. The van der Waals surface area contributed by atoms with Gasteiger partial charge in [-0.1, -0.05) is 47.0 Å². The van der Waals surface area contributed by atoms with Crippen LogP contribution in [0.1, 0.15) is 46.3 Å². The maximum Gasteiger partial charge on any atom is 0.0486 e. The van der Waals surface area contributed by atoms with Crippen molar-refractivity contribution in [2.24, 2.45) is 0 Å². The van der Waals surface area contributed by atoms with Gasteiger partial charge in [0.1, 0.15) is 0 Å². The minimum Gasteiger partial charge on any atom is -0.378 e. The monoisotopic (exact) mass is 267 g/mol. The van der Waals surface area contributed by atoms with Crippen molar-refractivity contribution < 1.29 is 0 Å². The summed E-state index contributed by atoms with van der Waals surface area (Å²) in [6.07, 6.45) is 0. The van der Waals surface area contributed by atoms with E-state index < -0.39 is 0 Å². The minimum atomic E-state index is 0.314. The van der Waals surface area contributed by atoms with Gasteiger partial charge in [0.15, 0.2) is 0 Å². The van der Waals surface area contributed by atoms with Crippen LogP contribution < -0.4 is 5.32 Å². The van der Waals surface area contributed by atoms with Gasteiger partial charge in [-0.15, -0.1) is 0 Å². The van der Waals surface area contributed by atoms with Crippen molar-refractivity contribution in [3.63, 3.8) is 0 Å². The first-order valence-electron chi connectivity index (χ1n) is 7.29. The van der Waals surface area contributed by atoms with E-state index in [1.165, 1.54) is 39.1 Å². The van der Waals surface area contributed by atoms with E-state index >= 15 is 0 Å². The van der Waals surface area contributed by atoms with Crippen molar-refractivity contribution in [3.05, 3.63) is 63.7 Å². The molecule has 1 N–H and O–H groups in total. The summed E-state index contributed by atoms with van der Waals surface area (Å²) < 4.78 is 0. The Morgan fingerprint density at radius 3 is 1.65 bits per heavy atom. The molecule has 0 fully saturated rings. The first-order valence-corrected chi connectivity index (χ1v) is 7.29. The van der Waals surface area contributed by atoms with Gasteiger partial charge in [-0.25, -0.2) is 0 Å². The summed E-state index contributed by atoms with van der Waals surface area (Å²) in [5, 5.41) is 3.68. The summed E-state index contributed by atoms with van der Waals surface area (Å²) >= 11 is 0. The zero-order valence-electron chi connectivity index (χ0n) is 13.5. The summed E-state index contributed by atoms with van der Waals surface area (Å²) in [7, 11) is 0. The molecular weight excluding hydrogens is 242 g/mol. The van der Waals surface area contributed by atoms with Gasteiger partial charge < -0.3 is 5.32 Å². The van der Waals surface area contributed by atoms with Crippen molar-refractivity contribution in [2.45, 2.75) is 47.6 Å². The van der Waals surface area contributed by atoms with Crippen LogP contribution in [-0.2, 0) is 0 Å². The third kappa shape index (κ3) is 3.22. The zero-order valence-corrected chi connectivity index (χ0v) is 13.5. The van der Waals surface area contributed by atoms with Crippen LogP contribution >= 0.6 is 0 Å². The van der Waals surface area contributed by atoms with Crippen molar-refractivity contribution in [1.82, 2.24) is 0 Å². The SMILES string of the molecule is Cc1cc(C)cc(C(C)Nc2c(C)cc(C)cc2C)c1. The molecule has 1 nitrogen and oxygen atoms in total. The Kier molecular flexibility index (Phi) is 4.17. The fourth-order valence-electron chi connectivity index (χ4n) is 2.97. The molecular formula is C19H25N. The van der Waals surface area contributed by atoms with Crippen LogP contribution in [0.2, 0.25) is 0 Å². The van der Waals surface area contributed by atoms with Crippen LogP contribution in [0.3, 0.4) is 0 Å². The van der Waals surface area contributed by atoms with E-state index in [1.54, 1.807) is 0 Å². The smallest absolute Gasteiger partial charge is 0.0486 e. The number of hydrogen-bond donors (Lipinski definition) is 1. The van der Waals surface area contributed by atoms with E-state index in [0.29, 0.717) is 6.04 Å². The molecule has 2 rings (SSSR count). The van der Waals surface area contributed by atoms with Crippen molar-refractivity contribution in [2.75, 3.05) is 5.32 Å². The molecule has 0 spiro atoms. The Labute approximate surface area is 123 Å². The Morgan fingerprint density at radius 1 is 0.700 bits per heavy atom. The topological polar surface area (TPSA) is 12.0 Å². The van der Waals surface area contributed by atoms with E-state index in [4.69, 9.17) is 0 Å². The predicted octanol–water partition coefficient (Wildman–Crippen LogP) is 5.40. The lowest BCUT2D eigenvalue weighted by Crippen LogP contribution is -2.09. The van der Waals surface area contributed by atoms with Crippen molar-refractivity contribution in [1.29, 1.82) is 0 Å². The molecule has 0 aliphatic heterocycles. The summed E-state index contributed by atoms with van der Waals surface area (Å²) in [6, 6.07) is 11.5. The van der Waals surface area contributed by atoms with Gasteiger partial charge in [0.2, 0.25) is 0 Å². The molecule has 1 atom stereocenters. The van der Waals surface area contributed by atoms with Crippen molar-refractivity contribution in [3.8, 4) is 0 Å². The second-order valence-electron chi connectivity index (χ2n) is 6.06. The molecule has 0 aliphatic rings. The second-order valence-corrected chi connectivity index (χ2v) is 6.06. The highest BCUT2D eigenvalue weighted by Crippen LogP contribution is 2.27. The highest BCUT2D eigenvalue weighted by molar-refractivity contribution is 5.59. The molecule has 0 aromatic heterocycles. The average molecular weight is 267 g/mol. The van der Waals surface area contributed by atoms with E-state index in [1.807, 2.05) is 0 Å². The molecule has 106 valence electrons. The summed E-state index contributed by atoms with van der Waals surface area (Å²) in [5.41, 5.74) is 9.23. The van der Waals surface area contributed by atoms with E-state index in [2.05, 4.69) is 77.2 Å². The highest BCUT2D eigenvalue weighted by atomic mass is 14.9. The van der Waals surface area contributed by atoms with Crippen LogP contribution in [0.25, 0.3) is 0 Å². The molecule has 1 heteroatoms. The standard InChI is InChI=1S/C19H25N/c1-12-7-13(2)11-18(10-12)17(6)20-19-15(4)8-14(3)9-16(19)5/h7-11,17,20H,1-6H3. The largest absolute Gasteiger partial charge is 0.378 e. The first kappa shape index (κ1) is 14.6. The van der Waals surface area contributed by atoms with Crippen LogP contribution in [0.5, 0.6) is 0 Å². The molecule has 0 heterocycles. The lowest BCUT2D eigenvalue weighted by molar-refractivity contribution is 0.876. The molecule has 20 heavy (non-hydrogen) atoms. The van der Waals surface area contributed by atoms with Gasteiger partial charge >= 0.3 is 0 Å². The molecule has 0 aliphatic carbocycles. The first-order chi connectivity index (χ1) is 9.36. The minimum absolute atomic E-state index is 0.314. The quantitative estimate of drug-likeness (QED) is 0.785. The Bertz CT molecular complexity index is 582. The molecule has 1 unspecified atom stereocenters. The summed E-state index contributed by atoms with van der Waals surface area (Å²) in [5.74, 6) is 0. The van der Waals surface area contributed by atoms with Crippen LogP contribution in [-0.4, -0.2) is 0 Å². The van der Waals surface area contributed by atoms with Crippen LogP contribution in [0, 0.1) is 34.6 Å². The molecule has 0 saturated heterocycles. The average Bonchev–Trinajstić information content (AvgIpc) is 2.32. The summed E-state index contributed by atoms with van der Waals surface area (Å²) in [6.45, 7) is 13.0. The lowest BCUT2D eigenvalue weighted by atomic mass is 10.00. The van der Waals surface area contributed by atoms with Gasteiger partial charge in [-0.3, -0.25) is 0 Å². The van der Waals surface area contributed by atoms with Gasteiger partial charge in [-0.05, 0) is 58.2 Å². The fourth-order valence-corrected chi connectivity index (χ4v) is 2.97. The Balaban J connectivity index is 2.30. The predicted molar refractivity (Wildman–Crippen MR) is 88.6 cm³/mol. The van der Waals surface area contributed by atoms with Crippen LogP contribution in [0.4, 0.5) is 5.69 Å². The zero-order chi connectivity index (χ0) is 14.9. The van der Waals surface area contributed by atoms with Gasteiger partial charge in [0.05, 0.1) is 0 Å². The maximum atomic E-state index is 3.68. The molecule has 0 saturated carbocycles. The number of hydrogen-bond acceptors (Lipinski definition) is 1. The summed E-state index contributed by atoms with van der Waals surface area (Å²) in [4.78, 5) is 0. The van der Waals surface area contributed by atoms with Gasteiger partial charge in [-0.2, -0.15) is 0 Å². The number of aryl methyl sites for hydroxylation is 5. The Morgan fingerprint density at radius 2 is 1.15 bits per heavy atom. The molecule has 2 aromatic carbocycles. The third-order valence-corrected chi connectivity index (χ3v) is 3.78. The van der Waals surface area contributed by atoms with Crippen molar-refractivity contribution >= 4 is 5.69 Å². The molecule has 0 bridgehead atoms. The third-order valence-electron chi connectivity index (χ3n) is 3.78. The van der Waals surface area contributed by atoms with Crippen LogP contribution in [0.15, 0.2) is 30.3 Å². The molecule has 2 aromatic rings. The molecule has 0 radical (unpaired) electrons. The van der Waals surface area contributed by atoms with E-state index in [-0.39, 0.29) is 0 Å². The normalized spacial score (nSPS) is 12.3. The highest BCUT2D eigenvalue weighted by Gasteiger charge is 2.10. The van der Waals surface area contributed by atoms with E-state index in [9.17, 15) is 0 Å². The van der Waals surface area contributed by atoms with E-state index in [0.717, 1.165) is 0 Å². The lowest BCUT2D eigenvalue weighted by Gasteiger charge is -2.21. The van der Waals surface area contributed by atoms with Gasteiger partial charge in [0.25, 0.3) is 0 Å². The molecule has 0 amide bonds. The maximum absolute atomic E-state index is 3.68. The second kappa shape index (κ2) is 5.70. The number of benzene rings is 2. The number of nitrogens with one attached hydrogen (secondary N) is 1. The fraction of sp³-hybridized carbons (Fsp3) is 0.368. The number of rotatable bonds is 3.